The molecule has 0 saturated heterocycles. The van der Waals surface area contributed by atoms with Crippen molar-refractivity contribution in [2.45, 2.75) is 24.7 Å². The molecule has 0 saturated carbocycles. The minimum atomic E-state index is -0.162. The average molecular weight is 776 g/mol. The molecule has 13 rings (SSSR count). The second-order valence-electron chi connectivity index (χ2n) is 17.6. The third-order valence-electron chi connectivity index (χ3n) is 14.2. The molecular formula is C60H41N. The summed E-state index contributed by atoms with van der Waals surface area (Å²) in [4.78, 5) is 2.48. The Kier molecular flexibility index (Phi) is 7.06. The van der Waals surface area contributed by atoms with Crippen molar-refractivity contribution in [3.63, 3.8) is 0 Å². The molecule has 1 spiro atoms. The highest BCUT2D eigenvalue weighted by atomic mass is 15.1. The summed E-state index contributed by atoms with van der Waals surface area (Å²) in [6.07, 6.45) is 0. The van der Waals surface area contributed by atoms with Crippen LogP contribution in [0.4, 0.5) is 17.1 Å². The first-order valence-electron chi connectivity index (χ1n) is 21.5. The molecule has 0 bridgehead atoms. The molecule has 10 aromatic carbocycles. The predicted octanol–water partition coefficient (Wildman–Crippen LogP) is 15.8. The average Bonchev–Trinajstić information content (AvgIpc) is 3.54. The van der Waals surface area contributed by atoms with E-state index in [1.54, 1.807) is 0 Å². The summed E-state index contributed by atoms with van der Waals surface area (Å²) < 4.78 is 0. The molecule has 0 fully saturated rings. The van der Waals surface area contributed by atoms with Crippen molar-refractivity contribution in [3.05, 3.63) is 246 Å². The summed E-state index contributed by atoms with van der Waals surface area (Å²) in [5.74, 6) is 0. The third-order valence-corrected chi connectivity index (χ3v) is 14.2. The number of rotatable bonds is 6. The van der Waals surface area contributed by atoms with Crippen molar-refractivity contribution in [2.24, 2.45) is 0 Å². The standard InChI is InChI=1S/C60H41N/c1-59(2)50-23-7-6-21-47(50)48-32-29-44(37-55(48)59)43-19-9-20-46(36-43)61(45-30-27-39(28-31-45)42-18-8-17-41(35-42)38-13-4-3-5-14-38)56-34-33-54-58-49(56)22-12-26-53(58)60(54)51-24-10-15-40-16-11-25-52(60)57(40)51/h3-37H,1-2H3. The van der Waals surface area contributed by atoms with Crippen LogP contribution in [0.2, 0.25) is 0 Å². The van der Waals surface area contributed by atoms with Crippen molar-refractivity contribution >= 4 is 38.6 Å². The van der Waals surface area contributed by atoms with Gasteiger partial charge in [-0.2, -0.15) is 0 Å². The van der Waals surface area contributed by atoms with Crippen LogP contribution in [0.1, 0.15) is 47.2 Å². The van der Waals surface area contributed by atoms with Crippen LogP contribution in [0, 0.1) is 0 Å². The Labute approximate surface area is 356 Å². The quantitative estimate of drug-likeness (QED) is 0.163. The van der Waals surface area contributed by atoms with Crippen LogP contribution in [0.3, 0.4) is 0 Å². The van der Waals surface area contributed by atoms with E-state index in [9.17, 15) is 0 Å². The minimum Gasteiger partial charge on any atom is -0.310 e. The maximum absolute atomic E-state index is 2.48. The predicted molar refractivity (Wildman–Crippen MR) is 255 cm³/mol. The van der Waals surface area contributed by atoms with Crippen LogP contribution in [0.15, 0.2) is 212 Å². The van der Waals surface area contributed by atoms with Gasteiger partial charge in [-0.05, 0) is 137 Å². The molecule has 0 unspecified atom stereocenters. The fraction of sp³-hybridized carbons (Fsp3) is 0.0667. The van der Waals surface area contributed by atoms with Crippen LogP contribution < -0.4 is 4.90 Å². The summed E-state index contributed by atoms with van der Waals surface area (Å²) >= 11 is 0. The van der Waals surface area contributed by atoms with E-state index < -0.39 is 0 Å². The van der Waals surface area contributed by atoms with Crippen LogP contribution in [0.25, 0.3) is 66.1 Å². The zero-order chi connectivity index (χ0) is 40.5. The highest BCUT2D eigenvalue weighted by Gasteiger charge is 2.54. The Morgan fingerprint density at radius 1 is 0.328 bits per heavy atom. The molecule has 0 radical (unpaired) electrons. The van der Waals surface area contributed by atoms with Gasteiger partial charge in [0.05, 0.1) is 11.1 Å². The summed E-state index contributed by atoms with van der Waals surface area (Å²) in [5.41, 5.74) is 21.7. The number of anilines is 3. The van der Waals surface area contributed by atoms with Gasteiger partial charge in [0.2, 0.25) is 0 Å². The molecule has 1 heteroatoms. The van der Waals surface area contributed by atoms with E-state index in [1.807, 2.05) is 0 Å². The van der Waals surface area contributed by atoms with E-state index in [0.29, 0.717) is 0 Å². The molecule has 0 N–H and O–H groups in total. The second kappa shape index (κ2) is 12.5. The Balaban J connectivity index is 0.952. The first-order chi connectivity index (χ1) is 30.0. The molecule has 0 atom stereocenters. The van der Waals surface area contributed by atoms with E-state index in [-0.39, 0.29) is 10.8 Å². The van der Waals surface area contributed by atoms with Gasteiger partial charge < -0.3 is 4.90 Å². The van der Waals surface area contributed by atoms with Gasteiger partial charge in [0.1, 0.15) is 0 Å². The lowest BCUT2D eigenvalue weighted by Gasteiger charge is -2.52. The Bertz CT molecular complexity index is 3390. The summed E-state index contributed by atoms with van der Waals surface area (Å²) in [7, 11) is 0. The smallest absolute Gasteiger partial charge is 0.0726 e. The summed E-state index contributed by atoms with van der Waals surface area (Å²) in [6, 6.07) is 79.2. The van der Waals surface area contributed by atoms with Crippen molar-refractivity contribution in [2.75, 3.05) is 4.90 Å². The molecule has 1 nitrogen and oxygen atoms in total. The first kappa shape index (κ1) is 34.4. The minimum absolute atomic E-state index is 0.0656. The SMILES string of the molecule is CC1(C)c2ccccc2-c2ccc(-c3cccc(N(c4ccc(-c5cccc(-c6ccccc6)c5)cc4)c4ccc5c6c(cccc46)C54c5cccc6cccc4c56)c3)cc21. The Hall–Kier alpha value is -7.48. The molecule has 10 aromatic rings. The van der Waals surface area contributed by atoms with E-state index >= 15 is 0 Å². The lowest BCUT2D eigenvalue weighted by Crippen LogP contribution is -2.43. The number of fused-ring (bicyclic) bond motifs is 7. The molecule has 286 valence electrons. The number of nitrogens with zero attached hydrogens (tertiary/aromatic N) is 1. The van der Waals surface area contributed by atoms with Crippen LogP contribution in [-0.2, 0) is 10.8 Å². The van der Waals surface area contributed by atoms with E-state index in [2.05, 4.69) is 231 Å². The normalized spacial score (nSPS) is 14.3. The van der Waals surface area contributed by atoms with Gasteiger partial charge in [0.15, 0.2) is 0 Å². The van der Waals surface area contributed by atoms with Gasteiger partial charge in [0.25, 0.3) is 0 Å². The van der Waals surface area contributed by atoms with Gasteiger partial charge >= 0.3 is 0 Å². The molecule has 61 heavy (non-hydrogen) atoms. The van der Waals surface area contributed by atoms with Crippen molar-refractivity contribution in [1.29, 1.82) is 0 Å². The molecule has 0 amide bonds. The highest BCUT2D eigenvalue weighted by Crippen LogP contribution is 2.65. The van der Waals surface area contributed by atoms with Gasteiger partial charge in [-0.25, -0.2) is 0 Å². The summed E-state index contributed by atoms with van der Waals surface area (Å²) in [5, 5.41) is 5.40. The van der Waals surface area contributed by atoms with Crippen LogP contribution in [0.5, 0.6) is 0 Å². The fourth-order valence-electron chi connectivity index (χ4n) is 11.4. The number of hydrogen-bond acceptors (Lipinski definition) is 1. The van der Waals surface area contributed by atoms with Gasteiger partial charge in [-0.3, -0.25) is 0 Å². The molecule has 0 heterocycles. The van der Waals surface area contributed by atoms with Gasteiger partial charge in [-0.1, -0.05) is 184 Å². The van der Waals surface area contributed by atoms with E-state index in [1.165, 1.54) is 105 Å². The molecule has 0 aliphatic heterocycles. The first-order valence-corrected chi connectivity index (χ1v) is 21.5. The largest absolute Gasteiger partial charge is 0.310 e. The van der Waals surface area contributed by atoms with Gasteiger partial charge in [-0.15, -0.1) is 0 Å². The Morgan fingerprint density at radius 3 is 1.64 bits per heavy atom. The molecule has 0 aromatic heterocycles. The monoisotopic (exact) mass is 775 g/mol. The van der Waals surface area contributed by atoms with Crippen LogP contribution in [-0.4, -0.2) is 0 Å². The van der Waals surface area contributed by atoms with E-state index in [0.717, 1.165) is 11.4 Å². The molecule has 3 aliphatic rings. The van der Waals surface area contributed by atoms with Crippen LogP contribution >= 0.6 is 0 Å². The third kappa shape index (κ3) is 4.66. The van der Waals surface area contributed by atoms with Crippen molar-refractivity contribution in [3.8, 4) is 44.5 Å². The van der Waals surface area contributed by atoms with Gasteiger partial charge in [0, 0.05) is 22.2 Å². The summed E-state index contributed by atoms with van der Waals surface area (Å²) in [6.45, 7) is 4.72. The second-order valence-corrected chi connectivity index (χ2v) is 17.6. The molecular weight excluding hydrogens is 735 g/mol. The number of benzene rings is 10. The van der Waals surface area contributed by atoms with Crippen molar-refractivity contribution < 1.29 is 0 Å². The Morgan fingerprint density at radius 2 is 0.869 bits per heavy atom. The number of hydrogen-bond donors (Lipinski definition) is 0. The zero-order valence-corrected chi connectivity index (χ0v) is 34.2. The molecule has 3 aliphatic carbocycles. The topological polar surface area (TPSA) is 3.24 Å². The lowest BCUT2D eigenvalue weighted by atomic mass is 9.49. The highest BCUT2D eigenvalue weighted by molar-refractivity contribution is 6.14. The zero-order valence-electron chi connectivity index (χ0n) is 34.2. The van der Waals surface area contributed by atoms with E-state index in [4.69, 9.17) is 0 Å². The fourth-order valence-corrected chi connectivity index (χ4v) is 11.4. The van der Waals surface area contributed by atoms with Crippen molar-refractivity contribution in [1.82, 2.24) is 0 Å². The maximum Gasteiger partial charge on any atom is 0.0726 e. The lowest BCUT2D eigenvalue weighted by molar-refractivity contribution is 0.660. The maximum atomic E-state index is 2.48.